The van der Waals surface area contributed by atoms with Crippen LogP contribution >= 0.6 is 0 Å². The minimum absolute atomic E-state index is 0.00198. The average Bonchev–Trinajstić information content (AvgIpc) is 3.23. The highest BCUT2D eigenvalue weighted by Crippen LogP contribution is 2.20. The van der Waals surface area contributed by atoms with E-state index in [1.165, 1.54) is 5.56 Å². The number of carbonyl (C=O) groups excluding carboxylic acids is 2. The molecular formula is C25H32N2O3. The molecule has 2 amide bonds. The molecule has 5 nitrogen and oxygen atoms in total. The molecule has 1 aliphatic heterocycles. The molecule has 1 atom stereocenters. The second-order valence-corrected chi connectivity index (χ2v) is 8.39. The minimum atomic E-state index is -0.200. The van der Waals surface area contributed by atoms with E-state index < -0.39 is 0 Å². The molecule has 2 aromatic rings. The van der Waals surface area contributed by atoms with Crippen molar-refractivity contribution in [2.75, 3.05) is 25.0 Å². The monoisotopic (exact) mass is 408 g/mol. The quantitative estimate of drug-likeness (QED) is 0.723. The Bertz CT molecular complexity index is 884. The molecule has 0 bridgehead atoms. The van der Waals surface area contributed by atoms with E-state index in [4.69, 9.17) is 4.74 Å². The van der Waals surface area contributed by atoms with Crippen LogP contribution in [0.2, 0.25) is 0 Å². The van der Waals surface area contributed by atoms with Crippen LogP contribution in [0, 0.1) is 13.8 Å². The molecule has 160 valence electrons. The van der Waals surface area contributed by atoms with Gasteiger partial charge in [-0.3, -0.25) is 9.59 Å². The van der Waals surface area contributed by atoms with Crippen LogP contribution in [0.25, 0.3) is 0 Å². The third kappa shape index (κ3) is 5.48. The number of benzene rings is 2. The van der Waals surface area contributed by atoms with Crippen LogP contribution in [0.15, 0.2) is 42.5 Å². The summed E-state index contributed by atoms with van der Waals surface area (Å²) in [6.07, 6.45) is 1.89. The standard InChI is InChI=1S/C25H32N2O3/c1-17(2)20-10-12-21(13-11-20)25(29)27(15-22-8-6-14-30-22)16-24(28)26-23-9-5-7-18(3)19(23)4/h5,7,9-13,17,22H,6,8,14-16H2,1-4H3,(H,26,28). The second kappa shape index (κ2) is 9.90. The first-order valence-electron chi connectivity index (χ1n) is 10.7. The summed E-state index contributed by atoms with van der Waals surface area (Å²) >= 11 is 0. The first-order valence-corrected chi connectivity index (χ1v) is 10.7. The van der Waals surface area contributed by atoms with Crippen LogP contribution in [-0.4, -0.2) is 42.5 Å². The zero-order valence-electron chi connectivity index (χ0n) is 18.4. The van der Waals surface area contributed by atoms with Crippen LogP contribution in [0.4, 0.5) is 5.69 Å². The summed E-state index contributed by atoms with van der Waals surface area (Å²) in [6, 6.07) is 13.5. The maximum absolute atomic E-state index is 13.2. The van der Waals surface area contributed by atoms with Crippen LogP contribution in [-0.2, 0) is 9.53 Å². The predicted octanol–water partition coefficient (Wildman–Crippen LogP) is 4.69. The van der Waals surface area contributed by atoms with Gasteiger partial charge in [-0.25, -0.2) is 0 Å². The topological polar surface area (TPSA) is 58.6 Å². The summed E-state index contributed by atoms with van der Waals surface area (Å²) in [5, 5.41) is 2.96. The predicted molar refractivity (Wildman–Crippen MR) is 120 cm³/mol. The number of carbonyl (C=O) groups is 2. The van der Waals surface area contributed by atoms with Crippen LogP contribution in [0.3, 0.4) is 0 Å². The molecule has 1 fully saturated rings. The molecule has 3 rings (SSSR count). The van der Waals surface area contributed by atoms with Gasteiger partial charge in [-0.1, -0.05) is 38.1 Å². The van der Waals surface area contributed by atoms with Crippen molar-refractivity contribution in [1.29, 1.82) is 0 Å². The maximum Gasteiger partial charge on any atom is 0.254 e. The lowest BCUT2D eigenvalue weighted by Crippen LogP contribution is -2.42. The van der Waals surface area contributed by atoms with Crippen molar-refractivity contribution in [3.63, 3.8) is 0 Å². The summed E-state index contributed by atoms with van der Waals surface area (Å²) in [5.41, 5.74) is 4.71. The number of rotatable bonds is 7. The van der Waals surface area contributed by atoms with Crippen molar-refractivity contribution in [3.05, 3.63) is 64.7 Å². The lowest BCUT2D eigenvalue weighted by molar-refractivity contribution is -0.117. The van der Waals surface area contributed by atoms with Gasteiger partial charge in [-0.15, -0.1) is 0 Å². The third-order valence-corrected chi connectivity index (χ3v) is 5.77. The minimum Gasteiger partial charge on any atom is -0.376 e. The number of anilines is 1. The van der Waals surface area contributed by atoms with E-state index >= 15 is 0 Å². The van der Waals surface area contributed by atoms with E-state index in [0.717, 1.165) is 29.7 Å². The van der Waals surface area contributed by atoms with Gasteiger partial charge in [0.1, 0.15) is 6.54 Å². The molecule has 0 saturated carbocycles. The summed E-state index contributed by atoms with van der Waals surface area (Å²) in [6.45, 7) is 9.37. The molecule has 0 radical (unpaired) electrons. The Kier molecular flexibility index (Phi) is 7.27. The Morgan fingerprint density at radius 1 is 1.13 bits per heavy atom. The molecule has 1 heterocycles. The maximum atomic E-state index is 13.2. The van der Waals surface area contributed by atoms with Crippen molar-refractivity contribution >= 4 is 17.5 Å². The molecule has 1 unspecified atom stereocenters. The summed E-state index contributed by atoms with van der Waals surface area (Å²) < 4.78 is 5.73. The normalized spacial score (nSPS) is 16.0. The number of hydrogen-bond donors (Lipinski definition) is 1. The number of aryl methyl sites for hydroxylation is 1. The van der Waals surface area contributed by atoms with E-state index in [0.29, 0.717) is 24.6 Å². The molecule has 1 N–H and O–H groups in total. The fourth-order valence-electron chi connectivity index (χ4n) is 3.70. The van der Waals surface area contributed by atoms with Gasteiger partial charge in [0.25, 0.3) is 5.91 Å². The van der Waals surface area contributed by atoms with E-state index in [1.54, 1.807) is 4.90 Å². The van der Waals surface area contributed by atoms with Crippen molar-refractivity contribution in [1.82, 2.24) is 4.90 Å². The number of amides is 2. The molecular weight excluding hydrogens is 376 g/mol. The first-order chi connectivity index (χ1) is 14.3. The molecule has 0 aliphatic carbocycles. The molecule has 1 saturated heterocycles. The van der Waals surface area contributed by atoms with Gasteiger partial charge in [0, 0.05) is 24.4 Å². The molecule has 0 spiro atoms. The average molecular weight is 409 g/mol. The summed E-state index contributed by atoms with van der Waals surface area (Å²) in [7, 11) is 0. The lowest BCUT2D eigenvalue weighted by atomic mass is 10.0. The van der Waals surface area contributed by atoms with E-state index in [9.17, 15) is 9.59 Å². The van der Waals surface area contributed by atoms with Crippen molar-refractivity contribution < 1.29 is 14.3 Å². The van der Waals surface area contributed by atoms with Crippen molar-refractivity contribution in [2.45, 2.75) is 52.6 Å². The summed E-state index contributed by atoms with van der Waals surface area (Å²) in [4.78, 5) is 27.6. The molecule has 0 aromatic heterocycles. The fourth-order valence-corrected chi connectivity index (χ4v) is 3.70. The van der Waals surface area contributed by atoms with Crippen molar-refractivity contribution in [3.8, 4) is 0 Å². The highest BCUT2D eigenvalue weighted by Gasteiger charge is 2.25. The highest BCUT2D eigenvalue weighted by atomic mass is 16.5. The van der Waals surface area contributed by atoms with Crippen LogP contribution in [0.1, 0.15) is 59.7 Å². The molecule has 5 heteroatoms. The van der Waals surface area contributed by atoms with E-state index in [2.05, 4.69) is 19.2 Å². The van der Waals surface area contributed by atoms with Gasteiger partial charge >= 0.3 is 0 Å². The highest BCUT2D eigenvalue weighted by molar-refractivity contribution is 5.99. The zero-order valence-corrected chi connectivity index (χ0v) is 18.4. The smallest absolute Gasteiger partial charge is 0.254 e. The Morgan fingerprint density at radius 3 is 2.50 bits per heavy atom. The van der Waals surface area contributed by atoms with Gasteiger partial charge in [0.2, 0.25) is 5.91 Å². The lowest BCUT2D eigenvalue weighted by Gasteiger charge is -2.25. The zero-order chi connectivity index (χ0) is 21.7. The number of nitrogens with one attached hydrogen (secondary N) is 1. The Hall–Kier alpha value is -2.66. The van der Waals surface area contributed by atoms with Gasteiger partial charge in [0.05, 0.1) is 6.10 Å². The van der Waals surface area contributed by atoms with E-state index in [1.807, 2.05) is 56.3 Å². The molecule has 1 aliphatic rings. The SMILES string of the molecule is Cc1cccc(NC(=O)CN(CC2CCCO2)C(=O)c2ccc(C(C)C)cc2)c1C. The first kappa shape index (κ1) is 22.0. The Balaban J connectivity index is 1.74. The van der Waals surface area contributed by atoms with Gasteiger partial charge < -0.3 is 15.0 Å². The largest absolute Gasteiger partial charge is 0.376 e. The van der Waals surface area contributed by atoms with Crippen LogP contribution in [0.5, 0.6) is 0 Å². The van der Waals surface area contributed by atoms with Crippen molar-refractivity contribution in [2.24, 2.45) is 0 Å². The summed E-state index contributed by atoms with van der Waals surface area (Å²) in [5.74, 6) is 0.0614. The fraction of sp³-hybridized carbons (Fsp3) is 0.440. The number of ether oxygens (including phenoxy) is 1. The Labute approximate surface area is 179 Å². The van der Waals surface area contributed by atoms with Gasteiger partial charge in [-0.2, -0.15) is 0 Å². The second-order valence-electron chi connectivity index (χ2n) is 8.39. The number of hydrogen-bond acceptors (Lipinski definition) is 3. The third-order valence-electron chi connectivity index (χ3n) is 5.77. The van der Waals surface area contributed by atoms with Gasteiger partial charge in [-0.05, 0) is 67.5 Å². The Morgan fingerprint density at radius 2 is 1.87 bits per heavy atom. The molecule has 30 heavy (non-hydrogen) atoms. The van der Waals surface area contributed by atoms with E-state index in [-0.39, 0.29) is 24.5 Å². The van der Waals surface area contributed by atoms with Gasteiger partial charge in [0.15, 0.2) is 0 Å². The molecule has 2 aromatic carbocycles. The van der Waals surface area contributed by atoms with Crippen LogP contribution < -0.4 is 5.32 Å². The number of nitrogens with zero attached hydrogens (tertiary/aromatic N) is 1.